The van der Waals surface area contributed by atoms with Gasteiger partial charge in [0.25, 0.3) is 5.56 Å². The summed E-state index contributed by atoms with van der Waals surface area (Å²) in [7, 11) is 1.66. The number of nitrogens with one attached hydrogen (secondary N) is 1. The van der Waals surface area contributed by atoms with E-state index in [1.807, 2.05) is 47.1 Å². The number of aromatic nitrogens is 5. The molecule has 1 fully saturated rings. The first-order valence-corrected chi connectivity index (χ1v) is 14.2. The summed E-state index contributed by atoms with van der Waals surface area (Å²) < 4.78 is 7.13. The maximum absolute atomic E-state index is 13.6. The summed E-state index contributed by atoms with van der Waals surface area (Å²) in [5.74, 6) is 1.46. The first-order chi connectivity index (χ1) is 20.1. The summed E-state index contributed by atoms with van der Waals surface area (Å²) in [6, 6.07) is 26.3. The molecule has 1 atom stereocenters. The quantitative estimate of drug-likeness (QED) is 0.297. The Morgan fingerprint density at radius 1 is 0.878 bits per heavy atom. The van der Waals surface area contributed by atoms with Crippen LogP contribution in [0.3, 0.4) is 0 Å². The van der Waals surface area contributed by atoms with E-state index >= 15 is 0 Å². The van der Waals surface area contributed by atoms with Crippen molar-refractivity contribution in [3.63, 3.8) is 0 Å². The van der Waals surface area contributed by atoms with Crippen molar-refractivity contribution in [2.75, 3.05) is 33.3 Å². The third-order valence-corrected chi connectivity index (χ3v) is 7.96. The van der Waals surface area contributed by atoms with E-state index in [-0.39, 0.29) is 11.6 Å². The van der Waals surface area contributed by atoms with Crippen molar-refractivity contribution in [2.24, 2.45) is 0 Å². The Balaban J connectivity index is 1.35. The van der Waals surface area contributed by atoms with E-state index in [4.69, 9.17) is 4.74 Å². The molecule has 0 radical (unpaired) electrons. The van der Waals surface area contributed by atoms with Crippen LogP contribution < -0.4 is 10.3 Å². The van der Waals surface area contributed by atoms with Gasteiger partial charge in [0, 0.05) is 43.8 Å². The molecule has 1 saturated heterocycles. The molecule has 1 aliphatic heterocycles. The number of pyridine rings is 1. The lowest BCUT2D eigenvalue weighted by molar-refractivity contribution is 0.0998. The molecule has 0 unspecified atom stereocenters. The van der Waals surface area contributed by atoms with Crippen LogP contribution in [0.5, 0.6) is 5.75 Å². The molecule has 3 aromatic carbocycles. The highest BCUT2D eigenvalue weighted by atomic mass is 16.5. The molecule has 1 aliphatic rings. The Morgan fingerprint density at radius 3 is 2.34 bits per heavy atom. The number of tetrazole rings is 1. The summed E-state index contributed by atoms with van der Waals surface area (Å²) >= 11 is 0. The Bertz CT molecular complexity index is 1660. The van der Waals surface area contributed by atoms with Gasteiger partial charge in [0.1, 0.15) is 11.8 Å². The van der Waals surface area contributed by atoms with Crippen molar-refractivity contribution in [3.8, 4) is 5.75 Å². The summed E-state index contributed by atoms with van der Waals surface area (Å²) in [5.41, 5.74) is 4.96. The van der Waals surface area contributed by atoms with Gasteiger partial charge in [0.2, 0.25) is 0 Å². The van der Waals surface area contributed by atoms with E-state index < -0.39 is 0 Å². The Hall–Kier alpha value is -4.34. The molecular weight excluding hydrogens is 514 g/mol. The van der Waals surface area contributed by atoms with Gasteiger partial charge in [-0.15, -0.1) is 5.10 Å². The minimum Gasteiger partial charge on any atom is -0.497 e. The molecule has 0 aliphatic carbocycles. The smallest absolute Gasteiger partial charge is 0.253 e. The van der Waals surface area contributed by atoms with E-state index in [9.17, 15) is 4.79 Å². The molecule has 3 heterocycles. The number of aromatic amines is 1. The molecule has 0 saturated carbocycles. The minimum atomic E-state index is -0.388. The molecule has 41 heavy (non-hydrogen) atoms. The first-order valence-electron chi connectivity index (χ1n) is 14.2. The standard InChI is InChI=1S/C32H35N7O2/c1-3-23-11-14-29-26(19-23)20-28(32(40)33-29)30(38-17-15-37(16-18-38)21-24-7-5-4-6-8-24)31-34-35-36-39(31)22-25-9-12-27(41-2)13-10-25/h4-14,19-20,30H,3,15-18,21-22H2,1-2H3,(H,33,40)/t30-/m0/s1. The van der Waals surface area contributed by atoms with E-state index in [0.29, 0.717) is 17.9 Å². The van der Waals surface area contributed by atoms with Crippen molar-refractivity contribution in [2.45, 2.75) is 32.5 Å². The predicted molar refractivity (Wildman–Crippen MR) is 159 cm³/mol. The van der Waals surface area contributed by atoms with Crippen molar-refractivity contribution in [3.05, 3.63) is 117 Å². The number of benzene rings is 3. The minimum absolute atomic E-state index is 0.113. The van der Waals surface area contributed by atoms with Gasteiger partial charge in [-0.1, -0.05) is 55.5 Å². The second-order valence-corrected chi connectivity index (χ2v) is 10.6. The highest BCUT2D eigenvalue weighted by molar-refractivity contribution is 5.80. The molecule has 0 spiro atoms. The number of H-pyrrole nitrogens is 1. The number of nitrogens with zero attached hydrogens (tertiary/aromatic N) is 6. The Labute approximate surface area is 239 Å². The maximum Gasteiger partial charge on any atom is 0.253 e. The van der Waals surface area contributed by atoms with Crippen LogP contribution in [0.15, 0.2) is 83.7 Å². The maximum atomic E-state index is 13.6. The SMILES string of the molecule is CCc1ccc2[nH]c(=O)c([C@@H](c3nnnn3Cc3ccc(OC)cc3)N3CCN(Cc4ccccc4)CC3)cc2c1. The Morgan fingerprint density at radius 2 is 1.61 bits per heavy atom. The van der Waals surface area contributed by atoms with Gasteiger partial charge in [-0.3, -0.25) is 14.6 Å². The molecule has 0 amide bonds. The molecule has 5 aromatic rings. The first kappa shape index (κ1) is 26.9. The third-order valence-electron chi connectivity index (χ3n) is 7.96. The lowest BCUT2D eigenvalue weighted by Crippen LogP contribution is -2.48. The average molecular weight is 550 g/mol. The molecular formula is C32H35N7O2. The van der Waals surface area contributed by atoms with E-state index in [2.05, 4.69) is 73.6 Å². The fourth-order valence-corrected chi connectivity index (χ4v) is 5.64. The number of piperazine rings is 1. The van der Waals surface area contributed by atoms with E-state index in [1.54, 1.807) is 7.11 Å². The predicted octanol–water partition coefficient (Wildman–Crippen LogP) is 4.04. The van der Waals surface area contributed by atoms with Crippen molar-refractivity contribution < 1.29 is 4.74 Å². The number of fused-ring (bicyclic) bond motifs is 1. The van der Waals surface area contributed by atoms with Crippen LogP contribution in [0.25, 0.3) is 10.9 Å². The fourth-order valence-electron chi connectivity index (χ4n) is 5.64. The number of hydrogen-bond donors (Lipinski definition) is 1. The molecule has 2 aromatic heterocycles. The Kier molecular flexibility index (Phi) is 7.89. The van der Waals surface area contributed by atoms with Crippen molar-refractivity contribution in [1.82, 2.24) is 35.0 Å². The zero-order valence-electron chi connectivity index (χ0n) is 23.5. The number of aryl methyl sites for hydroxylation is 1. The number of ether oxygens (including phenoxy) is 1. The van der Waals surface area contributed by atoms with Gasteiger partial charge in [0.15, 0.2) is 5.82 Å². The largest absolute Gasteiger partial charge is 0.497 e. The van der Waals surface area contributed by atoms with Crippen LogP contribution in [0.4, 0.5) is 0 Å². The summed E-state index contributed by atoms with van der Waals surface area (Å²) in [6.07, 6.45) is 0.928. The normalized spacial score (nSPS) is 15.3. The number of rotatable bonds is 9. The van der Waals surface area contributed by atoms with Gasteiger partial charge in [-0.25, -0.2) is 4.68 Å². The van der Waals surface area contributed by atoms with Gasteiger partial charge in [0.05, 0.1) is 13.7 Å². The van der Waals surface area contributed by atoms with Gasteiger partial charge < -0.3 is 9.72 Å². The lowest BCUT2D eigenvalue weighted by Gasteiger charge is -2.38. The summed E-state index contributed by atoms with van der Waals surface area (Å²) in [6.45, 7) is 6.89. The monoisotopic (exact) mass is 549 g/mol. The van der Waals surface area contributed by atoms with E-state index in [0.717, 1.165) is 61.4 Å². The van der Waals surface area contributed by atoms with Gasteiger partial charge in [-0.2, -0.15) is 0 Å². The van der Waals surface area contributed by atoms with Gasteiger partial charge in [-0.05, 0) is 69.3 Å². The second kappa shape index (κ2) is 12.0. The molecule has 9 heteroatoms. The average Bonchev–Trinajstić information content (AvgIpc) is 3.46. The second-order valence-electron chi connectivity index (χ2n) is 10.6. The summed E-state index contributed by atoms with van der Waals surface area (Å²) in [4.78, 5) is 21.6. The van der Waals surface area contributed by atoms with Crippen LogP contribution in [0.1, 0.15) is 41.0 Å². The number of methoxy groups -OCH3 is 1. The van der Waals surface area contributed by atoms with Crippen molar-refractivity contribution in [1.29, 1.82) is 0 Å². The van der Waals surface area contributed by atoms with E-state index in [1.165, 1.54) is 11.1 Å². The molecule has 1 N–H and O–H groups in total. The van der Waals surface area contributed by atoms with Crippen LogP contribution >= 0.6 is 0 Å². The topological polar surface area (TPSA) is 92.2 Å². The zero-order valence-corrected chi connectivity index (χ0v) is 23.5. The molecule has 9 nitrogen and oxygen atoms in total. The van der Waals surface area contributed by atoms with Gasteiger partial charge >= 0.3 is 0 Å². The van der Waals surface area contributed by atoms with Crippen LogP contribution in [-0.2, 0) is 19.5 Å². The number of hydrogen-bond acceptors (Lipinski definition) is 7. The molecule has 6 rings (SSSR count). The highest BCUT2D eigenvalue weighted by Gasteiger charge is 2.32. The fraction of sp³-hybridized carbons (Fsp3) is 0.312. The highest BCUT2D eigenvalue weighted by Crippen LogP contribution is 2.29. The summed E-state index contributed by atoms with van der Waals surface area (Å²) in [5, 5.41) is 14.0. The molecule has 210 valence electrons. The zero-order chi connectivity index (χ0) is 28.2. The van der Waals surface area contributed by atoms with Crippen LogP contribution in [-0.4, -0.2) is 68.3 Å². The molecule has 0 bridgehead atoms. The third kappa shape index (κ3) is 5.91. The van der Waals surface area contributed by atoms with Crippen LogP contribution in [0.2, 0.25) is 0 Å². The lowest BCUT2D eigenvalue weighted by atomic mass is 10.0. The van der Waals surface area contributed by atoms with Crippen LogP contribution in [0, 0.1) is 0 Å². The van der Waals surface area contributed by atoms with Crippen molar-refractivity contribution >= 4 is 10.9 Å².